The number of nitrogens with zero attached hydrogens (tertiary/aromatic N) is 5. The van der Waals surface area contributed by atoms with Gasteiger partial charge >= 0.3 is 0 Å². The maximum atomic E-state index is 12.2. The standard InChI is InChI=1S/C22H25N7O2/c1-5-31-12-15-10-13(2)29(15)18-19-26-21(27-28(19)9-8-23-18)24-14-6-7-16-17(11-14)25-20(30)22(16,3)4/h6-9,11,15H,2,5,10,12H2,1,3-4H3,(H,24,27)(H,25,30). The summed E-state index contributed by atoms with van der Waals surface area (Å²) < 4.78 is 7.30. The first-order chi connectivity index (χ1) is 14.9. The summed E-state index contributed by atoms with van der Waals surface area (Å²) in [5, 5.41) is 10.7. The SMILES string of the molecule is C=C1CC(COCC)N1c1nccn2nc(Nc3ccc4c(c3)NC(=O)C4(C)C)nc12. The van der Waals surface area contributed by atoms with E-state index in [1.165, 1.54) is 0 Å². The predicted octanol–water partition coefficient (Wildman–Crippen LogP) is 3.23. The highest BCUT2D eigenvalue weighted by Crippen LogP contribution is 2.39. The number of carbonyl (C=O) groups is 1. The molecule has 1 fully saturated rings. The fourth-order valence-electron chi connectivity index (χ4n) is 4.15. The lowest BCUT2D eigenvalue weighted by Crippen LogP contribution is -2.48. The van der Waals surface area contributed by atoms with E-state index in [1.54, 1.807) is 16.9 Å². The predicted molar refractivity (Wildman–Crippen MR) is 119 cm³/mol. The Morgan fingerprint density at radius 1 is 1.39 bits per heavy atom. The van der Waals surface area contributed by atoms with Crippen LogP contribution in [0.1, 0.15) is 32.8 Å². The van der Waals surface area contributed by atoms with Crippen LogP contribution in [0, 0.1) is 0 Å². The molecule has 2 aliphatic rings. The zero-order valence-electron chi connectivity index (χ0n) is 17.8. The minimum atomic E-state index is -0.534. The molecule has 2 aliphatic heterocycles. The van der Waals surface area contributed by atoms with Crippen LogP contribution in [-0.2, 0) is 14.9 Å². The van der Waals surface area contributed by atoms with Crippen LogP contribution in [0.2, 0.25) is 0 Å². The average molecular weight is 419 g/mol. The number of nitrogens with one attached hydrogen (secondary N) is 2. The van der Waals surface area contributed by atoms with E-state index in [-0.39, 0.29) is 11.9 Å². The Balaban J connectivity index is 1.43. The van der Waals surface area contributed by atoms with Gasteiger partial charge in [0.25, 0.3) is 0 Å². The van der Waals surface area contributed by atoms with Crippen LogP contribution >= 0.6 is 0 Å². The van der Waals surface area contributed by atoms with Crippen LogP contribution < -0.4 is 15.5 Å². The summed E-state index contributed by atoms with van der Waals surface area (Å²) in [4.78, 5) is 23.5. The molecule has 1 atom stereocenters. The van der Waals surface area contributed by atoms with Crippen LogP contribution in [0.5, 0.6) is 0 Å². The first kappa shape index (κ1) is 19.5. The molecule has 9 nitrogen and oxygen atoms in total. The molecule has 4 heterocycles. The number of anilines is 4. The number of rotatable bonds is 6. The third kappa shape index (κ3) is 3.12. The topological polar surface area (TPSA) is 96.7 Å². The first-order valence-electron chi connectivity index (χ1n) is 10.4. The summed E-state index contributed by atoms with van der Waals surface area (Å²) in [6.45, 7) is 11.2. The molecule has 1 amide bonds. The van der Waals surface area contributed by atoms with Crippen LogP contribution in [0.25, 0.3) is 5.65 Å². The number of hydrogen-bond donors (Lipinski definition) is 2. The average Bonchev–Trinajstić information content (AvgIpc) is 3.23. The summed E-state index contributed by atoms with van der Waals surface area (Å²) in [6, 6.07) is 5.99. The molecular weight excluding hydrogens is 394 g/mol. The van der Waals surface area contributed by atoms with Crippen LogP contribution in [0.4, 0.5) is 23.1 Å². The summed E-state index contributed by atoms with van der Waals surface area (Å²) in [7, 11) is 0. The Labute approximate surface area is 180 Å². The molecule has 1 unspecified atom stereocenters. The second-order valence-corrected chi connectivity index (χ2v) is 8.37. The van der Waals surface area contributed by atoms with Gasteiger partial charge in [0.05, 0.1) is 18.1 Å². The number of amides is 1. The molecule has 31 heavy (non-hydrogen) atoms. The van der Waals surface area contributed by atoms with Crippen molar-refractivity contribution in [1.29, 1.82) is 0 Å². The highest BCUT2D eigenvalue weighted by Gasteiger charge is 2.38. The number of carbonyl (C=O) groups excluding carboxylic acids is 1. The molecule has 9 heteroatoms. The largest absolute Gasteiger partial charge is 0.380 e. The molecular formula is C22H25N7O2. The number of benzene rings is 1. The Morgan fingerprint density at radius 3 is 3.00 bits per heavy atom. The molecule has 160 valence electrons. The summed E-state index contributed by atoms with van der Waals surface area (Å²) >= 11 is 0. The number of ether oxygens (including phenoxy) is 1. The van der Waals surface area contributed by atoms with E-state index in [0.717, 1.165) is 29.1 Å². The molecule has 0 spiro atoms. The lowest BCUT2D eigenvalue weighted by Gasteiger charge is -2.43. The van der Waals surface area contributed by atoms with Crippen LogP contribution in [0.15, 0.2) is 42.9 Å². The van der Waals surface area contributed by atoms with Gasteiger partial charge in [-0.3, -0.25) is 4.79 Å². The molecule has 0 bridgehead atoms. The fourth-order valence-corrected chi connectivity index (χ4v) is 4.15. The van der Waals surface area contributed by atoms with Crippen molar-refractivity contribution in [2.75, 3.05) is 28.7 Å². The quantitative estimate of drug-likeness (QED) is 0.633. The number of hydrogen-bond acceptors (Lipinski definition) is 7. The van der Waals surface area contributed by atoms with E-state index in [4.69, 9.17) is 4.74 Å². The minimum Gasteiger partial charge on any atom is -0.380 e. The van der Waals surface area contributed by atoms with Gasteiger partial charge in [-0.2, -0.15) is 4.98 Å². The van der Waals surface area contributed by atoms with E-state index < -0.39 is 5.41 Å². The van der Waals surface area contributed by atoms with Crippen molar-refractivity contribution < 1.29 is 9.53 Å². The number of fused-ring (bicyclic) bond motifs is 2. The molecule has 5 rings (SSSR count). The third-order valence-corrected chi connectivity index (χ3v) is 5.92. The lowest BCUT2D eigenvalue weighted by atomic mass is 9.86. The normalized spacial score (nSPS) is 19.3. The lowest BCUT2D eigenvalue weighted by molar-refractivity contribution is -0.119. The maximum absolute atomic E-state index is 12.2. The van der Waals surface area contributed by atoms with Crippen molar-refractivity contribution in [2.24, 2.45) is 0 Å². The van der Waals surface area contributed by atoms with E-state index >= 15 is 0 Å². The molecule has 0 radical (unpaired) electrons. The van der Waals surface area contributed by atoms with Gasteiger partial charge in [-0.15, -0.1) is 5.10 Å². The summed E-state index contributed by atoms with van der Waals surface area (Å²) in [6.07, 6.45) is 4.35. The third-order valence-electron chi connectivity index (χ3n) is 5.92. The van der Waals surface area contributed by atoms with Crippen LogP contribution in [0.3, 0.4) is 0 Å². The van der Waals surface area contributed by atoms with Crippen molar-refractivity contribution in [2.45, 2.75) is 38.6 Å². The zero-order chi connectivity index (χ0) is 21.8. The van der Waals surface area contributed by atoms with Crippen molar-refractivity contribution >= 4 is 34.7 Å². The van der Waals surface area contributed by atoms with Gasteiger partial charge in [0.1, 0.15) is 0 Å². The van der Waals surface area contributed by atoms with Gasteiger partial charge in [0.2, 0.25) is 17.5 Å². The van der Waals surface area contributed by atoms with E-state index in [0.29, 0.717) is 30.6 Å². The smallest absolute Gasteiger partial charge is 0.247 e. The Morgan fingerprint density at radius 2 is 2.23 bits per heavy atom. The molecule has 3 aromatic rings. The van der Waals surface area contributed by atoms with E-state index in [9.17, 15) is 4.79 Å². The Hall–Kier alpha value is -3.46. The summed E-state index contributed by atoms with van der Waals surface area (Å²) in [5.41, 5.74) is 3.68. The highest BCUT2D eigenvalue weighted by atomic mass is 16.5. The molecule has 0 saturated carbocycles. The van der Waals surface area contributed by atoms with Gasteiger partial charge in [-0.25, -0.2) is 9.50 Å². The Bertz CT molecular complexity index is 1200. The molecule has 1 saturated heterocycles. The van der Waals surface area contributed by atoms with Gasteiger partial charge in [0, 0.05) is 42.5 Å². The van der Waals surface area contributed by atoms with E-state index in [2.05, 4.69) is 37.2 Å². The highest BCUT2D eigenvalue weighted by molar-refractivity contribution is 6.06. The minimum absolute atomic E-state index is 0.00222. The first-order valence-corrected chi connectivity index (χ1v) is 10.4. The number of aromatic nitrogens is 4. The van der Waals surface area contributed by atoms with E-state index in [1.807, 2.05) is 39.0 Å². The Kier molecular flexibility index (Phi) is 4.44. The fraction of sp³-hybridized carbons (Fsp3) is 0.364. The van der Waals surface area contributed by atoms with Gasteiger partial charge < -0.3 is 20.3 Å². The zero-order valence-corrected chi connectivity index (χ0v) is 17.8. The molecule has 0 aliphatic carbocycles. The van der Waals surface area contributed by atoms with Crippen molar-refractivity contribution in [3.63, 3.8) is 0 Å². The molecule has 2 N–H and O–H groups in total. The van der Waals surface area contributed by atoms with Crippen molar-refractivity contribution in [1.82, 2.24) is 19.6 Å². The van der Waals surface area contributed by atoms with Crippen molar-refractivity contribution in [3.8, 4) is 0 Å². The van der Waals surface area contributed by atoms with Crippen LogP contribution in [-0.4, -0.2) is 44.7 Å². The molecule has 2 aromatic heterocycles. The maximum Gasteiger partial charge on any atom is 0.247 e. The second-order valence-electron chi connectivity index (χ2n) is 8.37. The molecule has 1 aromatic carbocycles. The monoisotopic (exact) mass is 419 g/mol. The van der Waals surface area contributed by atoms with Gasteiger partial charge in [-0.05, 0) is 38.5 Å². The van der Waals surface area contributed by atoms with Gasteiger partial charge in [-0.1, -0.05) is 12.6 Å². The summed E-state index contributed by atoms with van der Waals surface area (Å²) in [5.74, 6) is 1.16. The second kappa shape index (κ2) is 7.05. The van der Waals surface area contributed by atoms with Gasteiger partial charge in [0.15, 0.2) is 5.82 Å². The van der Waals surface area contributed by atoms with Crippen molar-refractivity contribution in [3.05, 3.63) is 48.4 Å².